The highest BCUT2D eigenvalue weighted by molar-refractivity contribution is 5.66. The third-order valence-corrected chi connectivity index (χ3v) is 1.48. The molecule has 66 valence electrons. The first kappa shape index (κ1) is 8.73. The van der Waals surface area contributed by atoms with Crippen LogP contribution in [0.2, 0.25) is 0 Å². The summed E-state index contributed by atoms with van der Waals surface area (Å²) in [7, 11) is 0. The third-order valence-electron chi connectivity index (χ3n) is 1.48. The molecule has 0 amide bonds. The van der Waals surface area contributed by atoms with Gasteiger partial charge in [0.25, 0.3) is 0 Å². The number of carboxylic acid groups (broad SMARTS) is 1. The highest BCUT2D eigenvalue weighted by Crippen LogP contribution is 1.99. The van der Waals surface area contributed by atoms with Gasteiger partial charge in [0, 0.05) is 11.9 Å². The van der Waals surface area contributed by atoms with Crippen LogP contribution in [0, 0.1) is 0 Å². The Morgan fingerprint density at radius 1 is 1.75 bits per heavy atom. The first-order chi connectivity index (χ1) is 5.72. The zero-order valence-corrected chi connectivity index (χ0v) is 6.58. The number of nitrogens with two attached hydrogens (primary N) is 1. The van der Waals surface area contributed by atoms with E-state index in [-0.39, 0.29) is 6.42 Å². The average Bonchev–Trinajstić information content (AvgIpc) is 2.48. The summed E-state index contributed by atoms with van der Waals surface area (Å²) in [4.78, 5) is 17.0. The number of hydrogen-bond donors (Lipinski definition) is 3. The number of aromatic amines is 1. The molecule has 0 aliphatic heterocycles. The van der Waals surface area contributed by atoms with Crippen molar-refractivity contribution in [1.29, 1.82) is 0 Å². The molecule has 0 aliphatic rings. The second kappa shape index (κ2) is 3.87. The largest absolute Gasteiger partial charge is 0.481 e. The van der Waals surface area contributed by atoms with Crippen molar-refractivity contribution in [2.75, 3.05) is 0 Å². The number of nitrogens with zero attached hydrogens (tertiary/aromatic N) is 1. The fourth-order valence-electron chi connectivity index (χ4n) is 0.878. The molecule has 1 rings (SSSR count). The molecule has 0 fully saturated rings. The summed E-state index contributed by atoms with van der Waals surface area (Å²) >= 11 is 0. The van der Waals surface area contributed by atoms with Gasteiger partial charge >= 0.3 is 5.97 Å². The molecule has 12 heavy (non-hydrogen) atoms. The summed E-state index contributed by atoms with van der Waals surface area (Å²) < 4.78 is 0. The van der Waals surface area contributed by atoms with E-state index in [9.17, 15) is 4.79 Å². The lowest BCUT2D eigenvalue weighted by molar-refractivity contribution is -0.136. The van der Waals surface area contributed by atoms with Crippen molar-refractivity contribution < 1.29 is 9.90 Å². The van der Waals surface area contributed by atoms with E-state index in [1.165, 1.54) is 0 Å². The van der Waals surface area contributed by atoms with E-state index < -0.39 is 5.97 Å². The van der Waals surface area contributed by atoms with Crippen LogP contribution in [-0.4, -0.2) is 21.0 Å². The van der Waals surface area contributed by atoms with E-state index in [2.05, 4.69) is 9.97 Å². The van der Waals surface area contributed by atoms with Crippen LogP contribution in [0.25, 0.3) is 0 Å². The molecule has 0 aromatic carbocycles. The minimum absolute atomic E-state index is 0.117. The van der Waals surface area contributed by atoms with Gasteiger partial charge < -0.3 is 15.8 Å². The number of carbonyl (C=O) groups is 1. The molecule has 0 saturated carbocycles. The Balaban J connectivity index is 2.47. The Kier molecular flexibility index (Phi) is 2.82. The van der Waals surface area contributed by atoms with Crippen LogP contribution < -0.4 is 5.73 Å². The van der Waals surface area contributed by atoms with Crippen molar-refractivity contribution in [2.24, 2.45) is 5.73 Å². The van der Waals surface area contributed by atoms with Crippen molar-refractivity contribution in [3.05, 3.63) is 17.7 Å². The molecule has 1 heterocycles. The lowest BCUT2D eigenvalue weighted by Gasteiger charge is -1.91. The summed E-state index contributed by atoms with van der Waals surface area (Å²) in [6, 6.07) is 0. The van der Waals surface area contributed by atoms with E-state index in [1.54, 1.807) is 6.20 Å². The molecule has 1 aromatic heterocycles. The summed E-state index contributed by atoms with van der Waals surface area (Å²) in [6.07, 6.45) is 2.21. The fourth-order valence-corrected chi connectivity index (χ4v) is 0.878. The van der Waals surface area contributed by atoms with Crippen LogP contribution in [0.15, 0.2) is 6.20 Å². The van der Waals surface area contributed by atoms with Gasteiger partial charge in [-0.1, -0.05) is 0 Å². The predicted molar refractivity (Wildman–Crippen MR) is 42.4 cm³/mol. The lowest BCUT2D eigenvalue weighted by Crippen LogP contribution is -2.00. The second-order valence-electron chi connectivity index (χ2n) is 2.45. The minimum atomic E-state index is -0.807. The topological polar surface area (TPSA) is 92.0 Å². The first-order valence-electron chi connectivity index (χ1n) is 3.67. The van der Waals surface area contributed by atoms with Crippen molar-refractivity contribution >= 4 is 5.97 Å². The average molecular weight is 169 g/mol. The van der Waals surface area contributed by atoms with Gasteiger partial charge in [-0.05, 0) is 6.42 Å². The van der Waals surface area contributed by atoms with Gasteiger partial charge in [-0.15, -0.1) is 0 Å². The minimum Gasteiger partial charge on any atom is -0.481 e. The van der Waals surface area contributed by atoms with Crippen molar-refractivity contribution in [3.8, 4) is 0 Å². The number of nitrogens with one attached hydrogen (secondary N) is 1. The molecule has 5 heteroatoms. The van der Waals surface area contributed by atoms with Crippen LogP contribution >= 0.6 is 0 Å². The van der Waals surface area contributed by atoms with Crippen LogP contribution in [-0.2, 0) is 17.8 Å². The van der Waals surface area contributed by atoms with E-state index in [0.717, 1.165) is 5.69 Å². The van der Waals surface area contributed by atoms with Crippen LogP contribution in [0.4, 0.5) is 0 Å². The summed E-state index contributed by atoms with van der Waals surface area (Å²) in [5.74, 6) is -0.116. The number of rotatable bonds is 4. The molecule has 1 aromatic rings. The van der Waals surface area contributed by atoms with Gasteiger partial charge in [0.15, 0.2) is 0 Å². The highest BCUT2D eigenvalue weighted by atomic mass is 16.4. The van der Waals surface area contributed by atoms with Crippen molar-refractivity contribution in [2.45, 2.75) is 19.4 Å². The Labute approximate surface area is 69.6 Å². The fraction of sp³-hybridized carbons (Fsp3) is 0.429. The van der Waals surface area contributed by atoms with Crippen molar-refractivity contribution in [1.82, 2.24) is 9.97 Å². The molecule has 5 nitrogen and oxygen atoms in total. The first-order valence-corrected chi connectivity index (χ1v) is 3.67. The molecule has 0 unspecified atom stereocenters. The maximum absolute atomic E-state index is 10.2. The maximum Gasteiger partial charge on any atom is 0.303 e. The zero-order chi connectivity index (χ0) is 8.97. The Bertz CT molecular complexity index is 269. The molecule has 0 atom stereocenters. The van der Waals surface area contributed by atoms with E-state index >= 15 is 0 Å². The number of aliphatic carboxylic acids is 1. The van der Waals surface area contributed by atoms with Gasteiger partial charge in [-0.2, -0.15) is 0 Å². The smallest absolute Gasteiger partial charge is 0.303 e. The van der Waals surface area contributed by atoms with Crippen LogP contribution in [0.3, 0.4) is 0 Å². The predicted octanol–water partition coefficient (Wildman–Crippen LogP) is -0.114. The van der Waals surface area contributed by atoms with E-state index in [4.69, 9.17) is 10.8 Å². The standard InChI is InChI=1S/C7H11N3O2/c8-3-6-9-4-5(10-6)1-2-7(11)12/h4H,1-3,8H2,(H,9,10)(H,11,12). The molecule has 0 aliphatic carbocycles. The highest BCUT2D eigenvalue weighted by Gasteiger charge is 2.01. The quantitative estimate of drug-likeness (QED) is 0.586. The Morgan fingerprint density at radius 2 is 2.50 bits per heavy atom. The molecule has 0 saturated heterocycles. The Hall–Kier alpha value is -1.36. The Morgan fingerprint density at radius 3 is 3.00 bits per heavy atom. The number of aromatic nitrogens is 2. The van der Waals surface area contributed by atoms with Gasteiger partial charge in [-0.3, -0.25) is 4.79 Å². The number of imidazole rings is 1. The second-order valence-corrected chi connectivity index (χ2v) is 2.45. The summed E-state index contributed by atoms with van der Waals surface area (Å²) in [5.41, 5.74) is 6.13. The molecular weight excluding hydrogens is 158 g/mol. The summed E-state index contributed by atoms with van der Waals surface area (Å²) in [6.45, 7) is 0.354. The van der Waals surface area contributed by atoms with Gasteiger partial charge in [0.05, 0.1) is 13.0 Å². The monoisotopic (exact) mass is 169 g/mol. The molecule has 0 spiro atoms. The summed E-state index contributed by atoms with van der Waals surface area (Å²) in [5, 5.41) is 8.38. The SMILES string of the molecule is NCc1ncc(CCC(=O)O)[nH]1. The van der Waals surface area contributed by atoms with Crippen LogP contribution in [0.1, 0.15) is 17.9 Å². The van der Waals surface area contributed by atoms with Gasteiger partial charge in [0.2, 0.25) is 0 Å². The molecular formula is C7H11N3O2. The zero-order valence-electron chi connectivity index (χ0n) is 6.58. The molecule has 0 radical (unpaired) electrons. The molecule has 4 N–H and O–H groups in total. The number of H-pyrrole nitrogens is 1. The van der Waals surface area contributed by atoms with Crippen LogP contribution in [0.5, 0.6) is 0 Å². The number of aryl methyl sites for hydroxylation is 1. The number of carboxylic acids is 1. The number of hydrogen-bond acceptors (Lipinski definition) is 3. The van der Waals surface area contributed by atoms with Gasteiger partial charge in [0.1, 0.15) is 5.82 Å². The lowest BCUT2D eigenvalue weighted by atomic mass is 10.2. The normalized spacial score (nSPS) is 10.1. The maximum atomic E-state index is 10.2. The molecule has 0 bridgehead atoms. The van der Waals surface area contributed by atoms with Gasteiger partial charge in [-0.25, -0.2) is 4.98 Å². The van der Waals surface area contributed by atoms with Crippen molar-refractivity contribution in [3.63, 3.8) is 0 Å². The van der Waals surface area contributed by atoms with E-state index in [1.807, 2.05) is 0 Å². The third kappa shape index (κ3) is 2.35. The van der Waals surface area contributed by atoms with E-state index in [0.29, 0.717) is 18.8 Å².